The quantitative estimate of drug-likeness (QED) is 0.471. The third-order valence-corrected chi connectivity index (χ3v) is 5.97. The van der Waals surface area contributed by atoms with Gasteiger partial charge in [-0.15, -0.1) is 0 Å². The molecule has 1 fully saturated rings. The Balaban J connectivity index is 1.48. The van der Waals surface area contributed by atoms with Crippen LogP contribution in [0.25, 0.3) is 11.3 Å². The van der Waals surface area contributed by atoms with Gasteiger partial charge in [-0.1, -0.05) is 12.1 Å². The smallest absolute Gasteiger partial charge is 0.227 e. The largest absolute Gasteiger partial charge is 0.489 e. The Hall–Kier alpha value is -4.00. The van der Waals surface area contributed by atoms with Crippen molar-refractivity contribution in [1.82, 2.24) is 14.9 Å². The summed E-state index contributed by atoms with van der Waals surface area (Å²) in [6.45, 7) is 1.88. The summed E-state index contributed by atoms with van der Waals surface area (Å²) < 4.78 is 11.4. The van der Waals surface area contributed by atoms with Crippen molar-refractivity contribution in [2.75, 3.05) is 39.2 Å². The molecule has 1 aliphatic rings. The van der Waals surface area contributed by atoms with E-state index in [0.717, 1.165) is 29.7 Å². The fourth-order valence-electron chi connectivity index (χ4n) is 4.09. The summed E-state index contributed by atoms with van der Waals surface area (Å²) in [5, 5.41) is 12.9. The Morgan fingerprint density at radius 3 is 2.64 bits per heavy atom. The summed E-state index contributed by atoms with van der Waals surface area (Å²) in [7, 11) is 3.81. The number of primary amides is 1. The van der Waals surface area contributed by atoms with Crippen LogP contribution in [0.2, 0.25) is 0 Å². The molecule has 2 aromatic carbocycles. The highest BCUT2D eigenvalue weighted by atomic mass is 16.5. The van der Waals surface area contributed by atoms with Gasteiger partial charge in [-0.05, 0) is 56.1 Å². The second kappa shape index (κ2) is 11.6. The molecular weight excluding hydrogens is 456 g/mol. The van der Waals surface area contributed by atoms with E-state index in [0.29, 0.717) is 42.7 Å². The van der Waals surface area contributed by atoms with Crippen LogP contribution in [0.15, 0.2) is 54.7 Å². The Kier molecular flexibility index (Phi) is 8.10. The Morgan fingerprint density at radius 1 is 1.22 bits per heavy atom. The third-order valence-electron chi connectivity index (χ3n) is 5.97. The zero-order valence-electron chi connectivity index (χ0n) is 20.5. The number of benzene rings is 2. The molecule has 186 valence electrons. The van der Waals surface area contributed by atoms with E-state index < -0.39 is 0 Å². The van der Waals surface area contributed by atoms with Crippen molar-refractivity contribution in [3.05, 3.63) is 65.9 Å². The second-order valence-corrected chi connectivity index (χ2v) is 8.98. The van der Waals surface area contributed by atoms with Crippen LogP contribution in [0.1, 0.15) is 29.9 Å². The van der Waals surface area contributed by atoms with Crippen molar-refractivity contribution in [1.29, 1.82) is 5.26 Å². The molecule has 0 spiro atoms. The van der Waals surface area contributed by atoms with Gasteiger partial charge in [0.2, 0.25) is 11.9 Å². The zero-order valence-corrected chi connectivity index (χ0v) is 20.5. The average molecular weight is 487 g/mol. The SMILES string of the molecule is CN(C)CC(C(N)=O)c1ccc(Nc2nccc(-c3ccc(OC4CCOCC4)c(C#N)c3)n2)cc1. The normalized spacial score (nSPS) is 14.7. The minimum Gasteiger partial charge on any atom is -0.489 e. The van der Waals surface area contributed by atoms with Gasteiger partial charge in [0.05, 0.1) is 30.4 Å². The number of nitrogens with one attached hydrogen (secondary N) is 1. The Labute approximate surface area is 210 Å². The van der Waals surface area contributed by atoms with Crippen LogP contribution in [0.4, 0.5) is 11.6 Å². The van der Waals surface area contributed by atoms with Gasteiger partial charge in [-0.25, -0.2) is 9.97 Å². The number of amides is 1. The van der Waals surface area contributed by atoms with E-state index in [1.165, 1.54) is 0 Å². The summed E-state index contributed by atoms with van der Waals surface area (Å²) in [5.41, 5.74) is 9.16. The van der Waals surface area contributed by atoms with E-state index in [4.69, 9.17) is 15.2 Å². The van der Waals surface area contributed by atoms with Gasteiger partial charge in [0.15, 0.2) is 0 Å². The predicted molar refractivity (Wildman–Crippen MR) is 137 cm³/mol. The molecular formula is C27H30N6O3. The van der Waals surface area contributed by atoms with Gasteiger partial charge < -0.3 is 25.4 Å². The van der Waals surface area contributed by atoms with Gasteiger partial charge >= 0.3 is 0 Å². The van der Waals surface area contributed by atoms with Crippen molar-refractivity contribution in [3.63, 3.8) is 0 Å². The van der Waals surface area contributed by atoms with Gasteiger partial charge in [0.25, 0.3) is 0 Å². The van der Waals surface area contributed by atoms with Gasteiger partial charge in [0.1, 0.15) is 17.9 Å². The minimum atomic E-state index is -0.388. The molecule has 1 saturated heterocycles. The standard InChI is InChI=1S/C27H30N6O3/c1-33(2)17-23(26(29)34)18-3-6-21(7-4-18)31-27-30-12-9-24(32-27)19-5-8-25(20(15-19)16-28)36-22-10-13-35-14-11-22/h3-9,12,15,22-23H,10-11,13-14,17H2,1-2H3,(H2,29,34)(H,30,31,32). The number of carbonyl (C=O) groups is 1. The Morgan fingerprint density at radius 2 is 1.97 bits per heavy atom. The fraction of sp³-hybridized carbons (Fsp3) is 0.333. The molecule has 3 N–H and O–H groups in total. The van der Waals surface area contributed by atoms with E-state index in [1.807, 2.05) is 55.4 Å². The van der Waals surface area contributed by atoms with E-state index in [9.17, 15) is 10.1 Å². The molecule has 1 atom stereocenters. The minimum absolute atomic E-state index is 0.0547. The Bertz CT molecular complexity index is 1230. The monoisotopic (exact) mass is 486 g/mol. The number of aromatic nitrogens is 2. The summed E-state index contributed by atoms with van der Waals surface area (Å²) in [4.78, 5) is 22.7. The number of anilines is 2. The highest BCUT2D eigenvalue weighted by molar-refractivity contribution is 5.82. The first kappa shape index (κ1) is 25.1. The molecule has 0 radical (unpaired) electrons. The first-order valence-corrected chi connectivity index (χ1v) is 11.9. The topological polar surface area (TPSA) is 126 Å². The van der Waals surface area contributed by atoms with Crippen LogP contribution < -0.4 is 15.8 Å². The number of carbonyl (C=O) groups excluding carboxylic acids is 1. The second-order valence-electron chi connectivity index (χ2n) is 8.98. The number of nitrogens with two attached hydrogens (primary N) is 1. The van der Waals surface area contributed by atoms with Crippen molar-refractivity contribution < 1.29 is 14.3 Å². The molecule has 1 amide bonds. The summed E-state index contributed by atoms with van der Waals surface area (Å²) in [6, 6.07) is 17.0. The number of rotatable bonds is 9. The molecule has 0 aliphatic carbocycles. The maximum atomic E-state index is 11.9. The lowest BCUT2D eigenvalue weighted by Crippen LogP contribution is -2.30. The van der Waals surface area contributed by atoms with Crippen molar-refractivity contribution in [2.24, 2.45) is 5.73 Å². The summed E-state index contributed by atoms with van der Waals surface area (Å²) in [6.07, 6.45) is 3.34. The molecule has 0 bridgehead atoms. The highest BCUT2D eigenvalue weighted by Gasteiger charge is 2.19. The molecule has 2 heterocycles. The van der Waals surface area contributed by atoms with Gasteiger partial charge in [-0.3, -0.25) is 4.79 Å². The number of hydrogen-bond acceptors (Lipinski definition) is 8. The first-order chi connectivity index (χ1) is 17.4. The number of nitrogens with zero attached hydrogens (tertiary/aromatic N) is 4. The van der Waals surface area contributed by atoms with E-state index in [2.05, 4.69) is 21.4 Å². The lowest BCUT2D eigenvalue weighted by molar-refractivity contribution is -0.119. The lowest BCUT2D eigenvalue weighted by atomic mass is 9.98. The maximum Gasteiger partial charge on any atom is 0.227 e. The summed E-state index contributed by atoms with van der Waals surface area (Å²) in [5.74, 6) is 0.243. The van der Waals surface area contributed by atoms with Crippen LogP contribution in [0, 0.1) is 11.3 Å². The molecule has 1 aliphatic heterocycles. The first-order valence-electron chi connectivity index (χ1n) is 11.9. The van der Waals surface area contributed by atoms with Crippen molar-refractivity contribution >= 4 is 17.5 Å². The average Bonchev–Trinajstić information content (AvgIpc) is 2.88. The van der Waals surface area contributed by atoms with Crippen LogP contribution in [-0.4, -0.2) is 60.7 Å². The molecule has 36 heavy (non-hydrogen) atoms. The predicted octanol–water partition coefficient (Wildman–Crippen LogP) is 3.45. The van der Waals surface area contributed by atoms with Crippen LogP contribution in [0.3, 0.4) is 0 Å². The molecule has 4 rings (SSSR count). The number of ether oxygens (including phenoxy) is 2. The summed E-state index contributed by atoms with van der Waals surface area (Å²) >= 11 is 0. The van der Waals surface area contributed by atoms with Gasteiger partial charge in [-0.2, -0.15) is 5.26 Å². The van der Waals surface area contributed by atoms with E-state index in [-0.39, 0.29) is 17.9 Å². The number of likely N-dealkylation sites (N-methyl/N-ethyl adjacent to an activating group) is 1. The van der Waals surface area contributed by atoms with Crippen molar-refractivity contribution in [2.45, 2.75) is 24.9 Å². The molecule has 1 aromatic heterocycles. The zero-order chi connectivity index (χ0) is 25.5. The van der Waals surface area contributed by atoms with Crippen LogP contribution in [-0.2, 0) is 9.53 Å². The third kappa shape index (κ3) is 6.36. The fourth-order valence-corrected chi connectivity index (χ4v) is 4.09. The number of nitriles is 1. The van der Waals surface area contributed by atoms with Gasteiger partial charge in [0, 0.05) is 36.8 Å². The number of hydrogen-bond donors (Lipinski definition) is 2. The van der Waals surface area contributed by atoms with Crippen molar-refractivity contribution in [3.8, 4) is 23.1 Å². The molecule has 1 unspecified atom stereocenters. The van der Waals surface area contributed by atoms with Crippen LogP contribution in [0.5, 0.6) is 5.75 Å². The maximum absolute atomic E-state index is 11.9. The molecule has 3 aromatic rings. The van der Waals surface area contributed by atoms with Crippen LogP contribution >= 0.6 is 0 Å². The molecule has 0 saturated carbocycles. The van der Waals surface area contributed by atoms with E-state index in [1.54, 1.807) is 18.3 Å². The molecule has 9 heteroatoms. The molecule has 9 nitrogen and oxygen atoms in total. The van der Waals surface area contributed by atoms with E-state index >= 15 is 0 Å². The highest BCUT2D eigenvalue weighted by Crippen LogP contribution is 2.28. The lowest BCUT2D eigenvalue weighted by Gasteiger charge is -2.23.